The number of fused-ring (bicyclic) bond motifs is 2. The van der Waals surface area contributed by atoms with Crippen molar-refractivity contribution in [2.75, 3.05) is 53.1 Å². The second-order valence-corrected chi connectivity index (χ2v) is 7.93. The van der Waals surface area contributed by atoms with Crippen molar-refractivity contribution in [3.63, 3.8) is 0 Å². The highest BCUT2D eigenvalue weighted by atomic mass is 16.5. The van der Waals surface area contributed by atoms with Gasteiger partial charge in [0, 0.05) is 26.5 Å². The van der Waals surface area contributed by atoms with Gasteiger partial charge in [-0.15, -0.1) is 0 Å². The van der Waals surface area contributed by atoms with Crippen LogP contribution in [0.25, 0.3) is 16.7 Å². The molecule has 0 aromatic carbocycles. The molecule has 0 radical (unpaired) electrons. The van der Waals surface area contributed by atoms with Crippen molar-refractivity contribution >= 4 is 22.6 Å². The van der Waals surface area contributed by atoms with Gasteiger partial charge in [0.25, 0.3) is 11.5 Å². The first kappa shape index (κ1) is 21.5. The summed E-state index contributed by atoms with van der Waals surface area (Å²) in [5.41, 5.74) is 2.35. The molecule has 1 aliphatic rings. The first-order valence-electron chi connectivity index (χ1n) is 10.8. The highest BCUT2D eigenvalue weighted by Gasteiger charge is 2.21. The van der Waals surface area contributed by atoms with Crippen LogP contribution in [-0.4, -0.2) is 73.0 Å². The lowest BCUT2D eigenvalue weighted by atomic mass is 10.3. The minimum absolute atomic E-state index is 0.166. The van der Waals surface area contributed by atoms with Crippen LogP contribution >= 0.6 is 0 Å². The molecule has 9 heteroatoms. The average molecular weight is 429 g/mol. The first-order valence-corrected chi connectivity index (χ1v) is 10.8. The van der Waals surface area contributed by atoms with Gasteiger partial charge in [0.05, 0.1) is 31.7 Å². The summed E-state index contributed by atoms with van der Waals surface area (Å²) in [6.07, 6.45) is 2.43. The molecule has 1 fully saturated rings. The number of quaternary nitrogens is 1. The zero-order valence-electron chi connectivity index (χ0n) is 18.1. The SMILES string of the molecule is COCCCn1c(C(=O)NCC[NH+]2CCOCC2)cc2c(=O)n3cccc(C)c3nc21. The largest absolute Gasteiger partial charge is 0.385 e. The first-order chi connectivity index (χ1) is 15.1. The van der Waals surface area contributed by atoms with Crippen LogP contribution in [-0.2, 0) is 16.0 Å². The summed E-state index contributed by atoms with van der Waals surface area (Å²) in [6, 6.07) is 5.42. The van der Waals surface area contributed by atoms with Gasteiger partial charge in [-0.1, -0.05) is 6.07 Å². The lowest BCUT2D eigenvalue weighted by Crippen LogP contribution is -3.14. The Bertz CT molecular complexity index is 1130. The van der Waals surface area contributed by atoms with E-state index in [2.05, 4.69) is 5.32 Å². The monoisotopic (exact) mass is 428 g/mol. The number of morpholine rings is 1. The molecule has 166 valence electrons. The Morgan fingerprint density at radius 1 is 1.32 bits per heavy atom. The van der Waals surface area contributed by atoms with E-state index in [9.17, 15) is 9.59 Å². The van der Waals surface area contributed by atoms with E-state index < -0.39 is 0 Å². The number of carbonyl (C=O) groups is 1. The number of aromatic nitrogens is 3. The molecule has 0 bridgehead atoms. The Morgan fingerprint density at radius 2 is 2.13 bits per heavy atom. The fourth-order valence-corrected chi connectivity index (χ4v) is 4.10. The highest BCUT2D eigenvalue weighted by molar-refractivity contribution is 5.98. The van der Waals surface area contributed by atoms with Gasteiger partial charge >= 0.3 is 0 Å². The molecule has 9 nitrogen and oxygen atoms in total. The van der Waals surface area contributed by atoms with Crippen LogP contribution in [0.3, 0.4) is 0 Å². The molecular weight excluding hydrogens is 398 g/mol. The van der Waals surface area contributed by atoms with Crippen LogP contribution in [0.1, 0.15) is 22.5 Å². The summed E-state index contributed by atoms with van der Waals surface area (Å²) < 4.78 is 14.0. The molecule has 1 aliphatic heterocycles. The van der Waals surface area contributed by atoms with Crippen molar-refractivity contribution in [2.24, 2.45) is 0 Å². The third-order valence-corrected chi connectivity index (χ3v) is 5.82. The number of carbonyl (C=O) groups excluding carboxylic acids is 1. The normalized spacial score (nSPS) is 15.0. The second-order valence-electron chi connectivity index (χ2n) is 7.93. The molecule has 1 amide bonds. The maximum atomic E-state index is 13.1. The quantitative estimate of drug-likeness (QED) is 0.478. The van der Waals surface area contributed by atoms with Gasteiger partial charge in [0.2, 0.25) is 0 Å². The van der Waals surface area contributed by atoms with Gasteiger partial charge < -0.3 is 24.3 Å². The second kappa shape index (κ2) is 9.59. The van der Waals surface area contributed by atoms with Crippen molar-refractivity contribution in [3.8, 4) is 0 Å². The number of methoxy groups -OCH3 is 1. The van der Waals surface area contributed by atoms with E-state index in [4.69, 9.17) is 14.5 Å². The summed E-state index contributed by atoms with van der Waals surface area (Å²) in [5.74, 6) is -0.187. The van der Waals surface area contributed by atoms with Gasteiger partial charge in [-0.3, -0.25) is 14.0 Å². The van der Waals surface area contributed by atoms with Crippen LogP contribution in [0.5, 0.6) is 0 Å². The van der Waals surface area contributed by atoms with Crippen molar-refractivity contribution in [3.05, 3.63) is 46.0 Å². The lowest BCUT2D eigenvalue weighted by Gasteiger charge is -2.23. The summed E-state index contributed by atoms with van der Waals surface area (Å²) in [6.45, 7) is 7.90. The number of nitrogens with zero attached hydrogens (tertiary/aromatic N) is 3. The van der Waals surface area contributed by atoms with Crippen molar-refractivity contribution in [2.45, 2.75) is 19.9 Å². The fourth-order valence-electron chi connectivity index (χ4n) is 4.10. The number of aryl methyl sites for hydroxylation is 2. The minimum Gasteiger partial charge on any atom is -0.385 e. The van der Waals surface area contributed by atoms with Gasteiger partial charge in [-0.05, 0) is 31.0 Å². The maximum Gasteiger partial charge on any atom is 0.268 e. The standard InChI is InChI=1S/C22H29N5O4/c1-16-5-3-7-27-19(16)24-20-17(22(27)29)15-18(26(20)8-4-12-30-2)21(28)23-6-9-25-10-13-31-14-11-25/h3,5,7,15H,4,6,8-14H2,1-2H3,(H,23,28)/p+1. The molecule has 3 aromatic rings. The maximum absolute atomic E-state index is 13.1. The van der Waals surface area contributed by atoms with Gasteiger partial charge in [-0.2, -0.15) is 0 Å². The molecule has 0 saturated carbocycles. The topological polar surface area (TPSA) is 91.3 Å². The Balaban J connectivity index is 1.65. The summed E-state index contributed by atoms with van der Waals surface area (Å²) >= 11 is 0. The van der Waals surface area contributed by atoms with E-state index in [0.717, 1.165) is 38.4 Å². The number of hydrogen-bond acceptors (Lipinski definition) is 5. The minimum atomic E-state index is -0.187. The number of nitrogens with one attached hydrogen (secondary N) is 2. The molecule has 0 atom stereocenters. The van der Waals surface area contributed by atoms with Crippen LogP contribution in [0, 0.1) is 6.92 Å². The molecule has 4 rings (SSSR count). The fraction of sp³-hybridized carbons (Fsp3) is 0.500. The van der Waals surface area contributed by atoms with Gasteiger partial charge in [0.15, 0.2) is 0 Å². The number of amides is 1. The van der Waals surface area contributed by atoms with E-state index in [-0.39, 0.29) is 11.5 Å². The molecule has 1 saturated heterocycles. The molecule has 3 aromatic heterocycles. The molecule has 0 unspecified atom stereocenters. The van der Waals surface area contributed by atoms with Gasteiger partial charge in [0.1, 0.15) is 30.1 Å². The summed E-state index contributed by atoms with van der Waals surface area (Å²) in [7, 11) is 1.65. The zero-order chi connectivity index (χ0) is 21.8. The third-order valence-electron chi connectivity index (χ3n) is 5.82. The number of hydrogen-bond donors (Lipinski definition) is 2. The molecular formula is C22H30N5O4+. The van der Waals surface area contributed by atoms with E-state index in [1.165, 1.54) is 4.90 Å². The summed E-state index contributed by atoms with van der Waals surface area (Å²) in [5, 5.41) is 3.47. The molecule has 2 N–H and O–H groups in total. The Labute approximate surface area is 180 Å². The van der Waals surface area contributed by atoms with Crippen LogP contribution in [0.2, 0.25) is 0 Å². The van der Waals surface area contributed by atoms with Crippen LogP contribution in [0.15, 0.2) is 29.2 Å². The Hall–Kier alpha value is -2.75. The Morgan fingerprint density at radius 3 is 2.90 bits per heavy atom. The third kappa shape index (κ3) is 4.48. The molecule has 31 heavy (non-hydrogen) atoms. The molecule has 0 spiro atoms. The van der Waals surface area contributed by atoms with Crippen LogP contribution in [0.4, 0.5) is 0 Å². The smallest absolute Gasteiger partial charge is 0.268 e. The van der Waals surface area contributed by atoms with Crippen LogP contribution < -0.4 is 15.8 Å². The van der Waals surface area contributed by atoms with Crippen molar-refractivity contribution in [1.29, 1.82) is 0 Å². The van der Waals surface area contributed by atoms with E-state index >= 15 is 0 Å². The zero-order valence-corrected chi connectivity index (χ0v) is 18.1. The molecule has 0 aliphatic carbocycles. The average Bonchev–Trinajstić information content (AvgIpc) is 3.15. The molecule has 4 heterocycles. The number of ether oxygens (including phenoxy) is 2. The van der Waals surface area contributed by atoms with E-state index in [1.54, 1.807) is 23.8 Å². The number of rotatable bonds is 8. The Kier molecular flexibility index (Phi) is 6.64. The van der Waals surface area contributed by atoms with Gasteiger partial charge in [-0.25, -0.2) is 4.98 Å². The predicted octanol–water partition coefficient (Wildman–Crippen LogP) is -0.361. The van der Waals surface area contributed by atoms with Crippen molar-refractivity contribution in [1.82, 2.24) is 19.3 Å². The lowest BCUT2D eigenvalue weighted by molar-refractivity contribution is -0.906. The predicted molar refractivity (Wildman–Crippen MR) is 117 cm³/mol. The number of pyridine rings is 1. The van der Waals surface area contributed by atoms with Crippen molar-refractivity contribution < 1.29 is 19.2 Å². The van der Waals surface area contributed by atoms with E-state index in [1.807, 2.05) is 23.6 Å². The van der Waals surface area contributed by atoms with E-state index in [0.29, 0.717) is 48.5 Å². The summed E-state index contributed by atoms with van der Waals surface area (Å²) in [4.78, 5) is 32.3. The highest BCUT2D eigenvalue weighted by Crippen LogP contribution is 2.18.